The molecule has 2 heteroatoms. The quantitative estimate of drug-likeness (QED) is 0.738. The van der Waals surface area contributed by atoms with Crippen molar-refractivity contribution in [3.05, 3.63) is 60.2 Å². The van der Waals surface area contributed by atoms with Gasteiger partial charge in [0.2, 0.25) is 0 Å². The molecule has 2 aromatic rings. The average molecular weight is 213 g/mol. The molecule has 0 aliphatic heterocycles. The van der Waals surface area contributed by atoms with Crippen LogP contribution >= 0.6 is 0 Å². The highest BCUT2D eigenvalue weighted by molar-refractivity contribution is 5.66. The van der Waals surface area contributed by atoms with Crippen molar-refractivity contribution < 1.29 is 4.39 Å². The molecule has 0 saturated heterocycles. The van der Waals surface area contributed by atoms with Gasteiger partial charge in [0.15, 0.2) is 0 Å². The molecule has 0 aliphatic carbocycles. The fourth-order valence-electron chi connectivity index (χ4n) is 1.56. The number of aromatic nitrogens is 1. The number of benzene rings is 1. The molecule has 0 atom stereocenters. The van der Waals surface area contributed by atoms with E-state index in [1.165, 1.54) is 6.20 Å². The Bertz CT molecular complexity index is 515. The summed E-state index contributed by atoms with van der Waals surface area (Å²) in [6.45, 7) is 5.53. The molecule has 16 heavy (non-hydrogen) atoms. The Balaban J connectivity index is 2.49. The molecule has 1 aromatic carbocycles. The summed E-state index contributed by atoms with van der Waals surface area (Å²) in [4.78, 5) is 3.91. The molecule has 80 valence electrons. The first-order valence-electron chi connectivity index (χ1n) is 5.06. The molecule has 1 heterocycles. The number of halogens is 1. The number of pyridine rings is 1. The van der Waals surface area contributed by atoms with Crippen molar-refractivity contribution in [1.82, 2.24) is 4.98 Å². The monoisotopic (exact) mass is 213 g/mol. The summed E-state index contributed by atoms with van der Waals surface area (Å²) >= 11 is 0. The van der Waals surface area contributed by atoms with Crippen LogP contribution in [0, 0.1) is 12.7 Å². The van der Waals surface area contributed by atoms with Crippen molar-refractivity contribution >= 4 is 6.08 Å². The Morgan fingerprint density at radius 1 is 1.25 bits per heavy atom. The van der Waals surface area contributed by atoms with Gasteiger partial charge in [-0.05, 0) is 24.1 Å². The van der Waals surface area contributed by atoms with E-state index in [0.29, 0.717) is 5.56 Å². The van der Waals surface area contributed by atoms with E-state index >= 15 is 0 Å². The molecule has 0 fully saturated rings. The lowest BCUT2D eigenvalue weighted by Gasteiger charge is -2.04. The maximum Gasteiger partial charge on any atom is 0.149 e. The summed E-state index contributed by atoms with van der Waals surface area (Å²) < 4.78 is 13.6. The van der Waals surface area contributed by atoms with Crippen molar-refractivity contribution in [1.29, 1.82) is 0 Å². The summed E-state index contributed by atoms with van der Waals surface area (Å²) in [5, 5.41) is 0. The van der Waals surface area contributed by atoms with Gasteiger partial charge in [-0.1, -0.05) is 36.9 Å². The molecular weight excluding hydrogens is 201 g/mol. The van der Waals surface area contributed by atoms with Crippen LogP contribution in [0.5, 0.6) is 0 Å². The molecule has 0 amide bonds. The minimum absolute atomic E-state index is 0.294. The van der Waals surface area contributed by atoms with Gasteiger partial charge >= 0.3 is 0 Å². The maximum atomic E-state index is 13.6. The van der Waals surface area contributed by atoms with Crippen molar-refractivity contribution in [2.45, 2.75) is 6.92 Å². The Morgan fingerprint density at radius 2 is 1.94 bits per heavy atom. The highest BCUT2D eigenvalue weighted by atomic mass is 19.1. The first kappa shape index (κ1) is 10.6. The second-order valence-corrected chi connectivity index (χ2v) is 3.63. The predicted molar refractivity (Wildman–Crippen MR) is 64.5 cm³/mol. The molecule has 1 aromatic heterocycles. The third-order valence-electron chi connectivity index (χ3n) is 2.45. The average Bonchev–Trinajstić information content (AvgIpc) is 2.32. The van der Waals surface area contributed by atoms with E-state index in [0.717, 1.165) is 16.8 Å². The van der Waals surface area contributed by atoms with Gasteiger partial charge in [0.25, 0.3) is 0 Å². The molecule has 0 unspecified atom stereocenters. The molecule has 0 bridgehead atoms. The van der Waals surface area contributed by atoms with Gasteiger partial charge in [-0.25, -0.2) is 4.39 Å². The molecule has 0 spiro atoms. The molecule has 1 nitrogen and oxygen atoms in total. The summed E-state index contributed by atoms with van der Waals surface area (Å²) in [5.74, 6) is -0.294. The lowest BCUT2D eigenvalue weighted by molar-refractivity contribution is 0.624. The molecule has 0 saturated carbocycles. The number of aryl methyl sites for hydroxylation is 1. The zero-order chi connectivity index (χ0) is 11.5. The van der Waals surface area contributed by atoms with Crippen LogP contribution in [0.2, 0.25) is 0 Å². The van der Waals surface area contributed by atoms with Crippen LogP contribution < -0.4 is 0 Å². The third kappa shape index (κ3) is 2.01. The Morgan fingerprint density at radius 3 is 2.56 bits per heavy atom. The minimum Gasteiger partial charge on any atom is -0.259 e. The van der Waals surface area contributed by atoms with Gasteiger partial charge in [0.05, 0.1) is 6.20 Å². The summed E-state index contributed by atoms with van der Waals surface area (Å²) in [5.41, 5.74) is 3.27. The lowest BCUT2D eigenvalue weighted by Crippen LogP contribution is -1.89. The highest BCUT2D eigenvalue weighted by Crippen LogP contribution is 2.23. The van der Waals surface area contributed by atoms with Crippen molar-refractivity contribution in [3.8, 4) is 11.1 Å². The van der Waals surface area contributed by atoms with E-state index in [-0.39, 0.29) is 5.82 Å². The summed E-state index contributed by atoms with van der Waals surface area (Å²) in [6.07, 6.45) is 3.02. The fraction of sp³-hybridized carbons (Fsp3) is 0.0714. The summed E-state index contributed by atoms with van der Waals surface area (Å²) in [7, 11) is 0. The number of hydrogen-bond acceptors (Lipinski definition) is 1. The Kier molecular flexibility index (Phi) is 2.82. The van der Waals surface area contributed by atoms with Crippen LogP contribution in [-0.4, -0.2) is 4.98 Å². The van der Waals surface area contributed by atoms with Gasteiger partial charge in [0, 0.05) is 11.3 Å². The maximum absolute atomic E-state index is 13.6. The van der Waals surface area contributed by atoms with Gasteiger partial charge in [0.1, 0.15) is 5.82 Å². The second-order valence-electron chi connectivity index (χ2n) is 3.63. The van der Waals surface area contributed by atoms with Gasteiger partial charge < -0.3 is 0 Å². The highest BCUT2D eigenvalue weighted by Gasteiger charge is 2.05. The first-order valence-corrected chi connectivity index (χ1v) is 5.06. The topological polar surface area (TPSA) is 12.9 Å². The van der Waals surface area contributed by atoms with E-state index in [9.17, 15) is 4.39 Å². The second kappa shape index (κ2) is 4.27. The first-order chi connectivity index (χ1) is 7.70. The summed E-state index contributed by atoms with van der Waals surface area (Å²) in [6, 6.07) is 9.34. The lowest BCUT2D eigenvalue weighted by atomic mass is 10.0. The SMILES string of the molecule is C=Cc1ccc(-c2cc(C)ncc2F)cc1. The van der Waals surface area contributed by atoms with E-state index in [1.807, 2.05) is 31.2 Å². The Labute approximate surface area is 94.3 Å². The third-order valence-corrected chi connectivity index (χ3v) is 2.45. The number of hydrogen-bond donors (Lipinski definition) is 0. The smallest absolute Gasteiger partial charge is 0.149 e. The predicted octanol–water partition coefficient (Wildman–Crippen LogP) is 3.84. The fourth-order valence-corrected chi connectivity index (χ4v) is 1.56. The molecule has 2 rings (SSSR count). The van der Waals surface area contributed by atoms with E-state index in [2.05, 4.69) is 11.6 Å². The van der Waals surface area contributed by atoms with E-state index < -0.39 is 0 Å². The minimum atomic E-state index is -0.294. The van der Waals surface area contributed by atoms with Crippen LogP contribution in [0.3, 0.4) is 0 Å². The molecule has 0 N–H and O–H groups in total. The Hall–Kier alpha value is -1.96. The van der Waals surface area contributed by atoms with Gasteiger partial charge in [-0.2, -0.15) is 0 Å². The van der Waals surface area contributed by atoms with E-state index in [1.54, 1.807) is 12.1 Å². The standard InChI is InChI=1S/C14H12FN/c1-3-11-4-6-12(7-5-11)13-8-10(2)16-9-14(13)15/h3-9H,1H2,2H3. The van der Waals surface area contributed by atoms with Gasteiger partial charge in [-0.3, -0.25) is 4.98 Å². The van der Waals surface area contributed by atoms with Crippen LogP contribution in [0.1, 0.15) is 11.3 Å². The van der Waals surface area contributed by atoms with Crippen molar-refractivity contribution in [2.24, 2.45) is 0 Å². The normalized spacial score (nSPS) is 10.1. The molecule has 0 aliphatic rings. The largest absolute Gasteiger partial charge is 0.259 e. The number of rotatable bonds is 2. The van der Waals surface area contributed by atoms with Crippen molar-refractivity contribution in [2.75, 3.05) is 0 Å². The molecule has 0 radical (unpaired) electrons. The number of nitrogens with zero attached hydrogens (tertiary/aromatic N) is 1. The van der Waals surface area contributed by atoms with Crippen LogP contribution in [-0.2, 0) is 0 Å². The molecular formula is C14H12FN. The van der Waals surface area contributed by atoms with Crippen molar-refractivity contribution in [3.63, 3.8) is 0 Å². The van der Waals surface area contributed by atoms with Gasteiger partial charge in [-0.15, -0.1) is 0 Å². The zero-order valence-electron chi connectivity index (χ0n) is 9.07. The zero-order valence-corrected chi connectivity index (χ0v) is 9.07. The van der Waals surface area contributed by atoms with Crippen LogP contribution in [0.25, 0.3) is 17.2 Å². The van der Waals surface area contributed by atoms with E-state index in [4.69, 9.17) is 0 Å². The van der Waals surface area contributed by atoms with Crippen LogP contribution in [0.4, 0.5) is 4.39 Å². The van der Waals surface area contributed by atoms with Crippen LogP contribution in [0.15, 0.2) is 43.1 Å².